The van der Waals surface area contributed by atoms with Crippen molar-refractivity contribution in [1.29, 1.82) is 0 Å². The Morgan fingerprint density at radius 3 is 1.59 bits per heavy atom. The molecule has 58 heavy (non-hydrogen) atoms. The van der Waals surface area contributed by atoms with E-state index in [1.165, 1.54) is 12.1 Å². The number of azo groups is 1. The summed E-state index contributed by atoms with van der Waals surface area (Å²) in [6.45, 7) is 3.65. The second-order valence-electron chi connectivity index (χ2n) is 13.6. The summed E-state index contributed by atoms with van der Waals surface area (Å²) in [6.07, 6.45) is 0.230. The summed E-state index contributed by atoms with van der Waals surface area (Å²) in [5.74, 6) is -6.31. The second kappa shape index (κ2) is 24.0. The smallest absolute Gasteiger partial charge is 0.326 e. The normalized spacial score (nSPS) is 13.4. The summed E-state index contributed by atoms with van der Waals surface area (Å²) in [6, 6.07) is 8.31. The largest absolute Gasteiger partial charge is 0.480 e. The Kier molecular flexibility index (Phi) is 19.6. The number of carboxylic acids is 1. The van der Waals surface area contributed by atoms with Crippen molar-refractivity contribution in [3.63, 3.8) is 0 Å². The molecule has 2 aromatic rings. The maximum Gasteiger partial charge on any atom is 0.326 e. The van der Waals surface area contributed by atoms with Gasteiger partial charge < -0.3 is 59.9 Å². The van der Waals surface area contributed by atoms with Gasteiger partial charge in [0, 0.05) is 38.4 Å². The second-order valence-corrected chi connectivity index (χ2v) is 13.6. The van der Waals surface area contributed by atoms with Crippen molar-refractivity contribution < 1.29 is 33.9 Å². The number of hydrogen-bond acceptors (Lipinski definition) is 11. The molecule has 316 valence electrons. The molecule has 0 aliphatic heterocycles. The average molecular weight is 809 g/mol. The van der Waals surface area contributed by atoms with Crippen LogP contribution in [0.25, 0.3) is 0 Å². The van der Waals surface area contributed by atoms with Gasteiger partial charge >= 0.3 is 5.97 Å². The van der Waals surface area contributed by atoms with Gasteiger partial charge in [-0.1, -0.05) is 20.3 Å². The van der Waals surface area contributed by atoms with Crippen molar-refractivity contribution in [1.82, 2.24) is 21.3 Å². The SMILES string of the molecule is CC[C@H](C)[C@H](NC(=O)[C@H](CCCN=C(N)N)NC(=O)[C@H](CCCN=C(N)N)NC(=O)c1ccc(N=Nc2ccc(N(C)C)cc2)cc1)C(=O)N[C@@H](CC(N)=O)C(=O)O. The van der Waals surface area contributed by atoms with Crippen LogP contribution >= 0.6 is 0 Å². The van der Waals surface area contributed by atoms with Gasteiger partial charge in [-0.25, -0.2) is 4.79 Å². The van der Waals surface area contributed by atoms with Gasteiger partial charge in [0.2, 0.25) is 23.6 Å². The Balaban J connectivity index is 2.32. The van der Waals surface area contributed by atoms with Crippen molar-refractivity contribution in [2.75, 3.05) is 32.1 Å². The van der Waals surface area contributed by atoms with E-state index in [1.807, 2.05) is 43.3 Å². The highest BCUT2D eigenvalue weighted by Gasteiger charge is 2.33. The minimum atomic E-state index is -1.64. The standard InChI is InChI=1S/C37H56N14O7/c1-5-21(2)30(34(56)47-28(35(57)58)20-29(38)52)48-33(55)27(9-7-19-44-37(41)42)46-32(54)26(8-6-18-43-36(39)40)45-31(53)22-10-12-23(13-11-22)49-50-24-14-16-25(17-15-24)51(3)4/h10-17,21,26-28,30H,5-9,18-20H2,1-4H3,(H2,38,52)(H,45,53)(H,46,54)(H,47,56)(H,48,55)(H,57,58)(H4,39,40,43)(H4,41,42,44)/t21-,26-,27-,28-,30-/m0/s1. The number of carbonyl (C=O) groups excluding carboxylic acids is 5. The lowest BCUT2D eigenvalue weighted by atomic mass is 9.97. The molecule has 0 saturated carbocycles. The van der Waals surface area contributed by atoms with Crippen LogP contribution in [-0.2, 0) is 24.0 Å². The molecule has 2 rings (SSSR count). The molecule has 0 aromatic heterocycles. The van der Waals surface area contributed by atoms with E-state index in [2.05, 4.69) is 41.5 Å². The Bertz CT molecular complexity index is 1790. The van der Waals surface area contributed by atoms with Crippen LogP contribution in [0.5, 0.6) is 0 Å². The molecule has 0 saturated heterocycles. The number of benzene rings is 2. The molecule has 0 aliphatic rings. The molecule has 0 fully saturated rings. The number of rotatable bonds is 24. The van der Waals surface area contributed by atoms with Crippen LogP contribution in [-0.4, -0.2) is 104 Å². The van der Waals surface area contributed by atoms with Gasteiger partial charge in [0.25, 0.3) is 5.91 Å². The van der Waals surface area contributed by atoms with Crippen LogP contribution in [0.4, 0.5) is 17.1 Å². The lowest BCUT2D eigenvalue weighted by Gasteiger charge is -2.28. The van der Waals surface area contributed by atoms with Crippen LogP contribution in [0.15, 0.2) is 68.7 Å². The van der Waals surface area contributed by atoms with Crippen molar-refractivity contribution in [2.24, 2.45) is 54.8 Å². The number of anilines is 1. The van der Waals surface area contributed by atoms with Gasteiger partial charge in [-0.05, 0) is 80.1 Å². The van der Waals surface area contributed by atoms with Crippen molar-refractivity contribution in [2.45, 2.75) is 76.5 Å². The Morgan fingerprint density at radius 1 is 0.672 bits per heavy atom. The molecule has 0 unspecified atom stereocenters. The fourth-order valence-corrected chi connectivity index (χ4v) is 5.29. The number of amides is 5. The first-order valence-corrected chi connectivity index (χ1v) is 18.5. The van der Waals surface area contributed by atoms with Crippen LogP contribution in [0.3, 0.4) is 0 Å². The highest BCUT2D eigenvalue weighted by molar-refractivity contribution is 5.99. The molecule has 21 heteroatoms. The number of carbonyl (C=O) groups is 6. The highest BCUT2D eigenvalue weighted by Crippen LogP contribution is 2.22. The molecular weight excluding hydrogens is 752 g/mol. The van der Waals surface area contributed by atoms with Crippen molar-refractivity contribution >= 4 is 64.5 Å². The number of nitrogens with one attached hydrogen (secondary N) is 4. The number of aliphatic carboxylic acids is 1. The van der Waals surface area contributed by atoms with Crippen LogP contribution in [0.2, 0.25) is 0 Å². The average Bonchev–Trinajstić information content (AvgIpc) is 3.17. The minimum absolute atomic E-state index is 0.00684. The van der Waals surface area contributed by atoms with Crippen LogP contribution < -0.4 is 54.8 Å². The van der Waals surface area contributed by atoms with Gasteiger partial charge in [0.05, 0.1) is 17.8 Å². The topological polar surface area (TPSA) is 354 Å². The molecule has 0 spiro atoms. The molecule has 2 aromatic carbocycles. The Labute approximate surface area is 336 Å². The zero-order chi connectivity index (χ0) is 43.4. The zero-order valence-electron chi connectivity index (χ0n) is 33.2. The fourth-order valence-electron chi connectivity index (χ4n) is 5.29. The maximum atomic E-state index is 13.9. The Morgan fingerprint density at radius 2 is 1.14 bits per heavy atom. The summed E-state index contributed by atoms with van der Waals surface area (Å²) in [5.41, 5.74) is 29.3. The van der Waals surface area contributed by atoms with E-state index >= 15 is 0 Å². The van der Waals surface area contributed by atoms with Crippen molar-refractivity contribution in [3.05, 3.63) is 54.1 Å². The predicted molar refractivity (Wildman–Crippen MR) is 219 cm³/mol. The molecular formula is C37H56N14O7. The van der Waals surface area contributed by atoms with Gasteiger partial charge in [-0.2, -0.15) is 10.2 Å². The van der Waals surface area contributed by atoms with Gasteiger partial charge in [-0.15, -0.1) is 0 Å². The molecule has 0 heterocycles. The first-order valence-electron chi connectivity index (χ1n) is 18.5. The summed E-state index contributed by atoms with van der Waals surface area (Å²) in [5, 5.41) is 28.2. The molecule has 5 atom stereocenters. The van der Waals surface area contributed by atoms with Crippen LogP contribution in [0, 0.1) is 5.92 Å². The number of primary amides is 1. The first-order chi connectivity index (χ1) is 27.4. The number of aliphatic imine (C=N–C) groups is 2. The summed E-state index contributed by atoms with van der Waals surface area (Å²) < 4.78 is 0. The van der Waals surface area contributed by atoms with E-state index in [9.17, 15) is 33.9 Å². The third-order valence-electron chi connectivity index (χ3n) is 8.74. The van der Waals surface area contributed by atoms with E-state index < -0.39 is 72.0 Å². The molecule has 15 N–H and O–H groups in total. The number of nitrogens with zero attached hydrogens (tertiary/aromatic N) is 5. The van der Waals surface area contributed by atoms with E-state index in [0.717, 1.165) is 5.69 Å². The minimum Gasteiger partial charge on any atom is -0.480 e. The van der Waals surface area contributed by atoms with E-state index in [-0.39, 0.29) is 56.3 Å². The zero-order valence-corrected chi connectivity index (χ0v) is 33.2. The third-order valence-corrected chi connectivity index (χ3v) is 8.74. The first kappa shape index (κ1) is 47.4. The summed E-state index contributed by atoms with van der Waals surface area (Å²) in [4.78, 5) is 87.4. The van der Waals surface area contributed by atoms with E-state index in [0.29, 0.717) is 17.8 Å². The Hall–Kier alpha value is -6.80. The lowest BCUT2D eigenvalue weighted by molar-refractivity contribution is -0.144. The molecule has 0 aliphatic carbocycles. The van der Waals surface area contributed by atoms with Crippen molar-refractivity contribution in [3.8, 4) is 0 Å². The molecule has 21 nitrogen and oxygen atoms in total. The van der Waals surface area contributed by atoms with E-state index in [4.69, 9.17) is 28.7 Å². The predicted octanol–water partition coefficient (Wildman–Crippen LogP) is -0.166. The number of nitrogens with two attached hydrogens (primary N) is 5. The van der Waals surface area contributed by atoms with Gasteiger partial charge in [-0.3, -0.25) is 34.0 Å². The number of hydrogen-bond donors (Lipinski definition) is 10. The summed E-state index contributed by atoms with van der Waals surface area (Å²) in [7, 11) is 3.86. The fraction of sp³-hybridized carbons (Fsp3) is 0.459. The quantitative estimate of drug-likeness (QED) is 0.0286. The monoisotopic (exact) mass is 808 g/mol. The molecule has 0 bridgehead atoms. The number of guanidine groups is 2. The summed E-state index contributed by atoms with van der Waals surface area (Å²) >= 11 is 0. The molecule has 5 amide bonds. The maximum absolute atomic E-state index is 13.9. The number of carboxylic acid groups (broad SMARTS) is 1. The van der Waals surface area contributed by atoms with Gasteiger partial charge in [0.15, 0.2) is 11.9 Å². The third kappa shape index (κ3) is 16.9. The van der Waals surface area contributed by atoms with Crippen LogP contribution in [0.1, 0.15) is 62.7 Å². The van der Waals surface area contributed by atoms with Gasteiger partial charge in [0.1, 0.15) is 24.2 Å². The highest BCUT2D eigenvalue weighted by atomic mass is 16.4. The van der Waals surface area contributed by atoms with E-state index in [1.54, 1.807) is 26.0 Å². The lowest BCUT2D eigenvalue weighted by Crippen LogP contribution is -2.59. The molecule has 0 radical (unpaired) electrons.